The van der Waals surface area contributed by atoms with Crippen LogP contribution >= 0.6 is 23.2 Å². The largest absolute Gasteiger partial charge is 0.508 e. The number of fused-ring (bicyclic) bond motifs is 15. The number of amides is 7. The number of carboxylic acid groups (broad SMARTS) is 1. The third-order valence-corrected chi connectivity index (χ3v) is 18.4. The van der Waals surface area contributed by atoms with Crippen LogP contribution < -0.4 is 62.9 Å². The zero-order chi connectivity index (χ0) is 73.5. The van der Waals surface area contributed by atoms with E-state index in [1.165, 1.54) is 33.0 Å². The fourth-order valence-corrected chi connectivity index (χ4v) is 12.9. The molecule has 0 radical (unpaired) electrons. The Labute approximate surface area is 584 Å². The number of carbonyl (C=O) groups excluding carboxylic acids is 7. The molecular weight excluding hydrogens is 1370 g/mol. The first-order chi connectivity index (χ1) is 47.7. The van der Waals surface area contributed by atoms with Crippen molar-refractivity contribution in [1.29, 1.82) is 0 Å². The number of aliphatic carboxylic acids is 1. The lowest BCUT2D eigenvalue weighted by molar-refractivity contribution is -0.333. The summed E-state index contributed by atoms with van der Waals surface area (Å²) in [7, 11) is 1.47. The highest BCUT2D eigenvalue weighted by molar-refractivity contribution is 6.32. The second kappa shape index (κ2) is 30.2. The van der Waals surface area contributed by atoms with E-state index in [1.54, 1.807) is 0 Å². The summed E-state index contributed by atoms with van der Waals surface area (Å²) in [5.74, 6) is -16.0. The van der Waals surface area contributed by atoms with Crippen LogP contribution in [0.4, 0.5) is 0 Å². The van der Waals surface area contributed by atoms with Gasteiger partial charge in [-0.15, -0.1) is 0 Å². The summed E-state index contributed by atoms with van der Waals surface area (Å²) in [5, 5.41) is 131. The maximum absolute atomic E-state index is 16.0. The molecule has 0 aliphatic carbocycles. The van der Waals surface area contributed by atoms with Gasteiger partial charge in [-0.3, -0.25) is 33.6 Å². The van der Waals surface area contributed by atoms with E-state index in [4.69, 9.17) is 63.1 Å². The molecule has 18 atom stereocenters. The molecule has 7 aliphatic rings. The van der Waals surface area contributed by atoms with Crippen molar-refractivity contribution in [3.8, 4) is 57.1 Å². The molecule has 0 spiro atoms. The van der Waals surface area contributed by atoms with Gasteiger partial charge in [0.2, 0.25) is 53.4 Å². The van der Waals surface area contributed by atoms with Gasteiger partial charge in [-0.2, -0.15) is 0 Å². The molecule has 33 nitrogen and oxygen atoms in total. The molecule has 7 aliphatic heterocycles. The van der Waals surface area contributed by atoms with Gasteiger partial charge in [-0.25, -0.2) is 4.79 Å². The number of halogens is 2. The number of hydrogen-bond acceptors (Lipinski definition) is 25. The number of phenols is 3. The Morgan fingerprint density at radius 3 is 1.90 bits per heavy atom. The van der Waals surface area contributed by atoms with Crippen molar-refractivity contribution in [2.45, 2.75) is 156 Å². The third-order valence-electron chi connectivity index (χ3n) is 17.8. The van der Waals surface area contributed by atoms with Gasteiger partial charge in [0.15, 0.2) is 29.9 Å². The van der Waals surface area contributed by atoms with E-state index in [0.29, 0.717) is 0 Å². The molecular formula is C66H75Cl2N9O24. The average Bonchev–Trinajstić information content (AvgIpc) is 0.775. The van der Waals surface area contributed by atoms with E-state index in [1.807, 2.05) is 13.8 Å². The number of aliphatic hydroxyl groups is 6. The summed E-state index contributed by atoms with van der Waals surface area (Å²) < 4.78 is 38.3. The van der Waals surface area contributed by atoms with Crippen LogP contribution in [-0.2, 0) is 52.6 Å². The number of nitrogens with one attached hydrogen (secondary N) is 7. The Bertz CT molecular complexity index is 4070. The highest BCUT2D eigenvalue weighted by Gasteiger charge is 2.51. The van der Waals surface area contributed by atoms with Crippen LogP contribution in [0.15, 0.2) is 78.9 Å². The lowest BCUT2D eigenvalue weighted by Crippen LogP contribution is -2.64. The van der Waals surface area contributed by atoms with Gasteiger partial charge < -0.3 is 128 Å². The maximum Gasteiger partial charge on any atom is 0.330 e. The van der Waals surface area contributed by atoms with Crippen LogP contribution in [-0.4, -0.2) is 191 Å². The number of likely N-dealkylation sites (N-methyl/N-ethyl adjacent to an activating group) is 1. The van der Waals surface area contributed by atoms with E-state index >= 15 is 14.4 Å². The molecule has 9 unspecified atom stereocenters. The summed E-state index contributed by atoms with van der Waals surface area (Å²) >= 11 is 14.1. The van der Waals surface area contributed by atoms with Gasteiger partial charge in [-0.1, -0.05) is 55.2 Å². The SMILES string of the molecule is CN[C@H](CC(C)C)C(=O)N[C@@H]1C(=O)N[C@@H](CC(N)=O)C(=O)N[C@H]2C(=O)N[C@H]3C(=O)N[C@H](C(=O)N[C@@H](C(=O)O)c4cc(O)cc(O)c4-c4cc3ccc4O)[C@H](O)c3ccc(c(Cl)c3)Oc3cc2cc(c3OC2OC(CO)C(O)C(O)C2OC2CC(C)(N)C(O)C(C)O2)Oc2ccc(cc2Cl)[C@H]1O. The monoisotopic (exact) mass is 1450 g/mol. The average molecular weight is 1450 g/mol. The molecule has 542 valence electrons. The molecule has 21 N–H and O–H groups in total. The van der Waals surface area contributed by atoms with Crippen LogP contribution in [0.5, 0.6) is 46.0 Å². The van der Waals surface area contributed by atoms with E-state index in [9.17, 15) is 75.0 Å². The zero-order valence-electron chi connectivity index (χ0n) is 54.3. The van der Waals surface area contributed by atoms with Gasteiger partial charge in [0.25, 0.3) is 0 Å². The van der Waals surface area contributed by atoms with E-state index in [2.05, 4.69) is 37.2 Å². The Hall–Kier alpha value is -9.20. The van der Waals surface area contributed by atoms with Crippen LogP contribution in [0.1, 0.15) is 105 Å². The first-order valence-electron chi connectivity index (χ1n) is 31.6. The van der Waals surface area contributed by atoms with E-state index in [0.717, 1.165) is 66.7 Å². The van der Waals surface area contributed by atoms with Crippen LogP contribution in [0.3, 0.4) is 0 Å². The Morgan fingerprint density at radius 1 is 0.713 bits per heavy atom. The molecule has 5 aromatic rings. The molecule has 12 rings (SSSR count). The number of aromatic hydroxyl groups is 3. The number of nitrogens with two attached hydrogens (primary N) is 2. The first kappa shape index (κ1) is 74.5. The fourth-order valence-electron chi connectivity index (χ4n) is 12.5. The number of rotatable bonds is 13. The van der Waals surface area contributed by atoms with Crippen molar-refractivity contribution < 1.29 is 118 Å². The molecule has 35 heteroatoms. The summed E-state index contributed by atoms with van der Waals surface area (Å²) in [6.07, 6.45) is -18.6. The molecule has 7 heterocycles. The van der Waals surface area contributed by atoms with Crippen molar-refractivity contribution >= 4 is 70.5 Å². The second-order valence-corrected chi connectivity index (χ2v) is 26.5. The van der Waals surface area contributed by atoms with E-state index in [-0.39, 0.29) is 46.2 Å². The van der Waals surface area contributed by atoms with Gasteiger partial charge in [0.1, 0.15) is 89.5 Å². The second-order valence-electron chi connectivity index (χ2n) is 25.7. The van der Waals surface area contributed by atoms with Crippen molar-refractivity contribution in [3.05, 3.63) is 117 Å². The summed E-state index contributed by atoms with van der Waals surface area (Å²) in [5.41, 5.74) is 8.00. The zero-order valence-corrected chi connectivity index (χ0v) is 55.8. The predicted molar refractivity (Wildman–Crippen MR) is 349 cm³/mol. The summed E-state index contributed by atoms with van der Waals surface area (Å²) in [4.78, 5) is 117. The molecule has 5 aromatic carbocycles. The number of ether oxygens (including phenoxy) is 6. The van der Waals surface area contributed by atoms with Crippen molar-refractivity contribution in [3.63, 3.8) is 0 Å². The number of carboxylic acids is 1. The summed E-state index contributed by atoms with van der Waals surface area (Å²) in [6.45, 7) is 5.66. The number of benzene rings is 5. The van der Waals surface area contributed by atoms with Crippen molar-refractivity contribution in [2.75, 3.05) is 13.7 Å². The van der Waals surface area contributed by atoms with E-state index < -0.39 is 237 Å². The predicted octanol–water partition coefficient (Wildman–Crippen LogP) is 0.106. The maximum atomic E-state index is 16.0. The Morgan fingerprint density at radius 2 is 1.32 bits per heavy atom. The van der Waals surface area contributed by atoms with Crippen LogP contribution in [0, 0.1) is 5.92 Å². The number of carbonyl (C=O) groups is 8. The highest BCUT2D eigenvalue weighted by Crippen LogP contribution is 2.50. The number of aliphatic hydroxyl groups excluding tert-OH is 6. The molecule has 2 saturated heterocycles. The normalized spacial score (nSPS) is 29.4. The Kier molecular flexibility index (Phi) is 22.2. The van der Waals surface area contributed by atoms with Gasteiger partial charge in [-0.05, 0) is 110 Å². The molecule has 0 aromatic heterocycles. The van der Waals surface area contributed by atoms with Crippen LogP contribution in [0.25, 0.3) is 11.1 Å². The molecule has 7 amide bonds. The standard InChI is InChI=1S/C66H75Cl2N9O24/c1-23(2)12-34(71-5)58(88)76-49-51(83)26-7-10-38(32(67)14-26)97-40-16-28-17-41(55(40)101-65-56(54(86)53(85)42(22-78)99-65)100-44-21-66(4,70)57(87)24(3)96-44)98-39-11-8-27(15-33(39)68)52(84)50-63(93)75-48(64(94)95)31-18-29(79)19-37(81)45(31)30-13-25(6-9-36(30)80)46(60(90)77-50)74-61(91)47(28)73-59(89)35(20-43(69)82)72-62(49)92/h6-11,13-19,23-24,34-35,42,44,46-54,56-57,65,71,78-81,83-87H,12,20-22,70H2,1-5H3,(H2,69,82)(H,72,92)(H,73,89)(H,74,91)(H,75,93)(H,76,88)(H,77,90)(H,94,95)/t24?,34-,35+,42?,44?,46-,47-,48-,49+,50+,51-,52-,53?,54?,56?,57?,65?,66?/m1/s1. The van der Waals surface area contributed by atoms with Gasteiger partial charge >= 0.3 is 5.97 Å². The summed E-state index contributed by atoms with van der Waals surface area (Å²) in [6, 6.07) is -0.679. The lowest BCUT2D eigenvalue weighted by atomic mass is 9.86. The molecule has 101 heavy (non-hydrogen) atoms. The molecule has 0 saturated carbocycles. The van der Waals surface area contributed by atoms with Gasteiger partial charge in [0.05, 0.1) is 41.3 Å². The minimum atomic E-state index is -2.35. The molecule has 11 bridgehead atoms. The smallest absolute Gasteiger partial charge is 0.330 e. The fraction of sp³-hybridized carbons (Fsp3) is 0.424. The number of hydrogen-bond donors (Lipinski definition) is 19. The van der Waals surface area contributed by atoms with Crippen molar-refractivity contribution in [2.24, 2.45) is 17.4 Å². The van der Waals surface area contributed by atoms with Crippen LogP contribution in [0.2, 0.25) is 10.0 Å². The number of primary amides is 1. The number of phenolic OH excluding ortho intramolecular Hbond substituents is 3. The lowest BCUT2D eigenvalue weighted by Gasteiger charge is -2.47. The minimum absolute atomic E-state index is 0.0975. The quantitative estimate of drug-likeness (QED) is 0.0743. The Balaban J connectivity index is 1.24. The van der Waals surface area contributed by atoms with Crippen molar-refractivity contribution in [1.82, 2.24) is 37.2 Å². The molecule has 2 fully saturated rings. The topological polar surface area (TPSA) is 530 Å². The van der Waals surface area contributed by atoms with Gasteiger partial charge in [0, 0.05) is 34.7 Å². The minimum Gasteiger partial charge on any atom is -0.508 e. The third kappa shape index (κ3) is 15.8. The first-order valence-corrected chi connectivity index (χ1v) is 32.4. The highest BCUT2D eigenvalue weighted by atomic mass is 35.5.